The lowest BCUT2D eigenvalue weighted by molar-refractivity contribution is -0.113. The molecular formula is C24H24N4O2S. The van der Waals surface area contributed by atoms with Gasteiger partial charge in [-0.3, -0.25) is 4.79 Å². The number of hydrogen-bond donors (Lipinski definition) is 1. The van der Waals surface area contributed by atoms with Crippen LogP contribution in [-0.2, 0) is 4.79 Å². The van der Waals surface area contributed by atoms with E-state index in [1.165, 1.54) is 11.8 Å². The third kappa shape index (κ3) is 5.06. The number of carbonyl (C=O) groups excluding carboxylic acids is 1. The first-order valence-corrected chi connectivity index (χ1v) is 11.0. The summed E-state index contributed by atoms with van der Waals surface area (Å²) in [6.07, 6.45) is 4.72. The summed E-state index contributed by atoms with van der Waals surface area (Å²) in [6.45, 7) is 5.05. The van der Waals surface area contributed by atoms with Crippen LogP contribution in [0.1, 0.15) is 25.8 Å². The van der Waals surface area contributed by atoms with Gasteiger partial charge in [-0.15, -0.1) is 0 Å². The van der Waals surface area contributed by atoms with Gasteiger partial charge in [0, 0.05) is 17.3 Å². The zero-order valence-electron chi connectivity index (χ0n) is 17.5. The fourth-order valence-electron chi connectivity index (χ4n) is 3.12. The second-order valence-corrected chi connectivity index (χ2v) is 8.70. The summed E-state index contributed by atoms with van der Waals surface area (Å²) in [5, 5.41) is 5.05. The SMILES string of the molecule is CC(C)CCOc1ccc(-c2nn(-c3ccccc3)cc2C=C2SC(N)=NC2=O)cc1. The highest BCUT2D eigenvalue weighted by Gasteiger charge is 2.21. The van der Waals surface area contributed by atoms with Gasteiger partial charge in [-0.1, -0.05) is 32.0 Å². The number of para-hydroxylation sites is 1. The van der Waals surface area contributed by atoms with Gasteiger partial charge in [0.15, 0.2) is 5.17 Å². The molecule has 4 rings (SSSR count). The lowest BCUT2D eigenvalue weighted by atomic mass is 10.1. The Morgan fingerprint density at radius 2 is 1.87 bits per heavy atom. The minimum atomic E-state index is -0.324. The molecule has 31 heavy (non-hydrogen) atoms. The monoisotopic (exact) mass is 432 g/mol. The van der Waals surface area contributed by atoms with Gasteiger partial charge < -0.3 is 10.5 Å². The highest BCUT2D eigenvalue weighted by atomic mass is 32.2. The molecule has 0 saturated carbocycles. The molecule has 6 nitrogen and oxygen atoms in total. The number of amides is 1. The Bertz CT molecular complexity index is 1130. The van der Waals surface area contributed by atoms with Crippen molar-refractivity contribution in [3.63, 3.8) is 0 Å². The van der Waals surface area contributed by atoms with Crippen molar-refractivity contribution in [3.8, 4) is 22.7 Å². The molecular weight excluding hydrogens is 408 g/mol. The number of carbonyl (C=O) groups is 1. The standard InChI is InChI=1S/C24H24N4O2S/c1-16(2)12-13-30-20-10-8-17(9-11-20)22-18(14-21-23(29)26-24(25)31-21)15-28(27-22)19-6-4-3-5-7-19/h3-11,14-16H,12-13H2,1-2H3,(H2,25,26,29). The van der Waals surface area contributed by atoms with Crippen LogP contribution >= 0.6 is 11.8 Å². The first-order valence-electron chi connectivity index (χ1n) is 10.2. The topological polar surface area (TPSA) is 82.5 Å². The average molecular weight is 433 g/mol. The highest BCUT2D eigenvalue weighted by Crippen LogP contribution is 2.31. The first kappa shape index (κ1) is 20.9. The second kappa shape index (κ2) is 9.22. The first-order chi connectivity index (χ1) is 15.0. The number of nitrogens with zero attached hydrogens (tertiary/aromatic N) is 3. The number of nitrogens with two attached hydrogens (primary N) is 1. The Kier molecular flexibility index (Phi) is 6.23. The number of thioether (sulfide) groups is 1. The Labute approximate surface area is 185 Å². The zero-order valence-corrected chi connectivity index (χ0v) is 18.3. The van der Waals surface area contributed by atoms with Crippen LogP contribution in [0.15, 0.2) is 70.7 Å². The molecule has 1 aromatic heterocycles. The molecule has 2 heterocycles. The molecule has 2 N–H and O–H groups in total. The van der Waals surface area contributed by atoms with Gasteiger partial charge in [0.25, 0.3) is 5.91 Å². The van der Waals surface area contributed by atoms with Crippen LogP contribution in [0.4, 0.5) is 0 Å². The van der Waals surface area contributed by atoms with E-state index in [1.54, 1.807) is 6.08 Å². The third-order valence-corrected chi connectivity index (χ3v) is 5.59. The van der Waals surface area contributed by atoms with Gasteiger partial charge in [0.1, 0.15) is 5.75 Å². The summed E-state index contributed by atoms with van der Waals surface area (Å²) < 4.78 is 7.64. The van der Waals surface area contributed by atoms with E-state index in [4.69, 9.17) is 15.6 Å². The van der Waals surface area contributed by atoms with Crippen LogP contribution in [0.2, 0.25) is 0 Å². The van der Waals surface area contributed by atoms with Crippen LogP contribution in [0.5, 0.6) is 5.75 Å². The van der Waals surface area contributed by atoms with Gasteiger partial charge in [0.2, 0.25) is 0 Å². The minimum Gasteiger partial charge on any atom is -0.494 e. The highest BCUT2D eigenvalue weighted by molar-refractivity contribution is 8.18. The van der Waals surface area contributed by atoms with Gasteiger partial charge in [-0.25, -0.2) is 4.68 Å². The van der Waals surface area contributed by atoms with Crippen LogP contribution in [0.3, 0.4) is 0 Å². The number of hydrogen-bond acceptors (Lipinski definition) is 5. The number of ether oxygens (including phenoxy) is 1. The maximum absolute atomic E-state index is 12.1. The van der Waals surface area contributed by atoms with Gasteiger partial charge in [-0.2, -0.15) is 10.1 Å². The molecule has 0 saturated heterocycles. The summed E-state index contributed by atoms with van der Waals surface area (Å²) in [7, 11) is 0. The zero-order chi connectivity index (χ0) is 21.8. The number of aromatic nitrogens is 2. The molecule has 0 radical (unpaired) electrons. The fraction of sp³-hybridized carbons (Fsp3) is 0.208. The molecule has 0 bridgehead atoms. The molecule has 2 aromatic carbocycles. The molecule has 3 aromatic rings. The minimum absolute atomic E-state index is 0.260. The molecule has 0 unspecified atom stereocenters. The van der Waals surface area contributed by atoms with Crippen molar-refractivity contribution in [2.75, 3.05) is 6.61 Å². The van der Waals surface area contributed by atoms with E-state index in [0.717, 1.165) is 34.7 Å². The average Bonchev–Trinajstić information content (AvgIpc) is 3.32. The Hall–Kier alpha value is -3.32. The van der Waals surface area contributed by atoms with Crippen molar-refractivity contribution >= 4 is 28.9 Å². The maximum atomic E-state index is 12.1. The molecule has 158 valence electrons. The number of rotatable bonds is 7. The summed E-state index contributed by atoms with van der Waals surface area (Å²) >= 11 is 1.17. The van der Waals surface area contributed by atoms with E-state index in [9.17, 15) is 4.79 Å². The summed E-state index contributed by atoms with van der Waals surface area (Å²) in [5.74, 6) is 1.11. The largest absolute Gasteiger partial charge is 0.494 e. The maximum Gasteiger partial charge on any atom is 0.286 e. The number of benzene rings is 2. The number of amidine groups is 1. The van der Waals surface area contributed by atoms with E-state index < -0.39 is 0 Å². The normalized spacial score (nSPS) is 15.0. The van der Waals surface area contributed by atoms with Crippen LogP contribution in [0.25, 0.3) is 23.0 Å². The second-order valence-electron chi connectivity index (χ2n) is 7.63. The predicted octanol–water partition coefficient (Wildman–Crippen LogP) is 4.89. The van der Waals surface area contributed by atoms with Crippen molar-refractivity contribution in [2.45, 2.75) is 20.3 Å². The van der Waals surface area contributed by atoms with Crippen molar-refractivity contribution in [3.05, 3.63) is 71.3 Å². The predicted molar refractivity (Wildman–Crippen MR) is 126 cm³/mol. The lowest BCUT2D eigenvalue weighted by Crippen LogP contribution is -2.01. The molecule has 0 atom stereocenters. The van der Waals surface area contributed by atoms with Crippen LogP contribution in [0, 0.1) is 5.92 Å². The Balaban J connectivity index is 1.66. The van der Waals surface area contributed by atoms with Gasteiger partial charge >= 0.3 is 0 Å². The fourth-order valence-corrected chi connectivity index (χ4v) is 3.79. The molecule has 1 aliphatic rings. The lowest BCUT2D eigenvalue weighted by Gasteiger charge is -2.08. The number of aliphatic imine (C=N–C) groups is 1. The van der Waals surface area contributed by atoms with Crippen LogP contribution in [-0.4, -0.2) is 27.5 Å². The molecule has 7 heteroatoms. The van der Waals surface area contributed by atoms with Gasteiger partial charge in [0.05, 0.1) is 22.9 Å². The molecule has 1 amide bonds. The van der Waals surface area contributed by atoms with E-state index >= 15 is 0 Å². The molecule has 0 spiro atoms. The van der Waals surface area contributed by atoms with Crippen molar-refractivity contribution < 1.29 is 9.53 Å². The van der Waals surface area contributed by atoms with E-state index in [-0.39, 0.29) is 11.1 Å². The van der Waals surface area contributed by atoms with E-state index in [2.05, 4.69) is 18.8 Å². The van der Waals surface area contributed by atoms with Crippen molar-refractivity contribution in [1.29, 1.82) is 0 Å². The molecule has 0 aliphatic carbocycles. The third-order valence-electron chi connectivity index (χ3n) is 4.78. The van der Waals surface area contributed by atoms with Crippen molar-refractivity contribution in [2.24, 2.45) is 16.6 Å². The van der Waals surface area contributed by atoms with Crippen LogP contribution < -0.4 is 10.5 Å². The van der Waals surface area contributed by atoms with E-state index in [0.29, 0.717) is 17.4 Å². The smallest absolute Gasteiger partial charge is 0.286 e. The van der Waals surface area contributed by atoms with Gasteiger partial charge in [-0.05, 0) is 66.6 Å². The van der Waals surface area contributed by atoms with E-state index in [1.807, 2.05) is 65.5 Å². The molecule has 1 aliphatic heterocycles. The summed E-state index contributed by atoms with van der Waals surface area (Å²) in [6, 6.07) is 17.7. The Morgan fingerprint density at radius 3 is 2.52 bits per heavy atom. The van der Waals surface area contributed by atoms with Crippen molar-refractivity contribution in [1.82, 2.24) is 9.78 Å². The summed E-state index contributed by atoms with van der Waals surface area (Å²) in [5.41, 5.74) is 9.16. The summed E-state index contributed by atoms with van der Waals surface area (Å²) in [4.78, 5) is 16.4. The molecule has 0 fully saturated rings. The Morgan fingerprint density at radius 1 is 1.13 bits per heavy atom. The quantitative estimate of drug-likeness (QED) is 0.537.